The monoisotopic (exact) mass is 151 g/mol. The largest absolute Gasteiger partial charge is 0.469 e. The summed E-state index contributed by atoms with van der Waals surface area (Å²) in [5.41, 5.74) is 1.36. The van der Waals surface area contributed by atoms with Crippen molar-refractivity contribution in [1.29, 1.82) is 0 Å². The molecule has 1 unspecified atom stereocenters. The Balaban J connectivity index is 2.32. The average molecular weight is 151 g/mol. The SMILES string of the molecule is CCC1NCCc2occc21. The summed E-state index contributed by atoms with van der Waals surface area (Å²) in [4.78, 5) is 0. The highest BCUT2D eigenvalue weighted by Crippen LogP contribution is 2.25. The highest BCUT2D eigenvalue weighted by molar-refractivity contribution is 5.23. The number of hydrogen-bond acceptors (Lipinski definition) is 2. The van der Waals surface area contributed by atoms with Gasteiger partial charge in [0.2, 0.25) is 0 Å². The molecule has 1 N–H and O–H groups in total. The fourth-order valence-electron chi connectivity index (χ4n) is 1.70. The van der Waals surface area contributed by atoms with E-state index in [0.717, 1.165) is 19.4 Å². The lowest BCUT2D eigenvalue weighted by Gasteiger charge is -2.21. The van der Waals surface area contributed by atoms with E-state index in [0.29, 0.717) is 6.04 Å². The van der Waals surface area contributed by atoms with Crippen molar-refractivity contribution in [2.75, 3.05) is 6.54 Å². The van der Waals surface area contributed by atoms with Crippen molar-refractivity contribution in [3.8, 4) is 0 Å². The molecule has 0 saturated heterocycles. The minimum absolute atomic E-state index is 0.525. The summed E-state index contributed by atoms with van der Waals surface area (Å²) in [5.74, 6) is 1.18. The van der Waals surface area contributed by atoms with Gasteiger partial charge in [0.05, 0.1) is 6.26 Å². The van der Waals surface area contributed by atoms with Gasteiger partial charge in [0, 0.05) is 24.6 Å². The van der Waals surface area contributed by atoms with Crippen molar-refractivity contribution in [1.82, 2.24) is 5.32 Å². The van der Waals surface area contributed by atoms with E-state index in [2.05, 4.69) is 18.3 Å². The van der Waals surface area contributed by atoms with E-state index in [4.69, 9.17) is 4.42 Å². The molecule has 0 saturated carbocycles. The molecular weight excluding hydrogens is 138 g/mol. The first-order chi connectivity index (χ1) is 5.42. The van der Waals surface area contributed by atoms with Crippen LogP contribution in [0.4, 0.5) is 0 Å². The quantitative estimate of drug-likeness (QED) is 0.663. The number of rotatable bonds is 1. The minimum Gasteiger partial charge on any atom is -0.469 e. The molecule has 0 radical (unpaired) electrons. The molecule has 1 aliphatic heterocycles. The Hall–Kier alpha value is -0.760. The highest BCUT2D eigenvalue weighted by Gasteiger charge is 2.19. The van der Waals surface area contributed by atoms with Gasteiger partial charge < -0.3 is 9.73 Å². The molecule has 0 bridgehead atoms. The molecule has 60 valence electrons. The van der Waals surface area contributed by atoms with Gasteiger partial charge in [0.1, 0.15) is 5.76 Å². The Morgan fingerprint density at radius 1 is 1.73 bits per heavy atom. The third-order valence-electron chi connectivity index (χ3n) is 2.31. The van der Waals surface area contributed by atoms with Gasteiger partial charge in [-0.1, -0.05) is 6.92 Å². The summed E-state index contributed by atoms with van der Waals surface area (Å²) in [6.07, 6.45) is 3.98. The highest BCUT2D eigenvalue weighted by atomic mass is 16.3. The molecule has 1 atom stereocenters. The Kier molecular flexibility index (Phi) is 1.70. The zero-order chi connectivity index (χ0) is 7.68. The van der Waals surface area contributed by atoms with Crippen LogP contribution in [0.5, 0.6) is 0 Å². The number of nitrogens with one attached hydrogen (secondary N) is 1. The molecule has 2 rings (SSSR count). The van der Waals surface area contributed by atoms with Crippen LogP contribution in [-0.4, -0.2) is 6.54 Å². The summed E-state index contributed by atoms with van der Waals surface area (Å²) < 4.78 is 5.35. The average Bonchev–Trinajstić information content (AvgIpc) is 2.50. The normalized spacial score (nSPS) is 23.2. The van der Waals surface area contributed by atoms with Crippen LogP contribution < -0.4 is 5.32 Å². The third-order valence-corrected chi connectivity index (χ3v) is 2.31. The van der Waals surface area contributed by atoms with Gasteiger partial charge in [-0.05, 0) is 12.5 Å². The number of furan rings is 1. The standard InChI is InChI=1S/C9H13NO/c1-2-8-7-4-6-11-9(7)3-5-10-8/h4,6,8,10H,2-3,5H2,1H3. The van der Waals surface area contributed by atoms with Crippen molar-refractivity contribution in [3.05, 3.63) is 23.7 Å². The van der Waals surface area contributed by atoms with E-state index in [1.807, 2.05) is 0 Å². The number of hydrogen-bond donors (Lipinski definition) is 1. The van der Waals surface area contributed by atoms with Gasteiger partial charge in [-0.15, -0.1) is 0 Å². The summed E-state index contributed by atoms with van der Waals surface area (Å²) in [5, 5.41) is 3.45. The van der Waals surface area contributed by atoms with Crippen LogP contribution in [0, 0.1) is 0 Å². The maximum Gasteiger partial charge on any atom is 0.109 e. The van der Waals surface area contributed by atoms with Crippen molar-refractivity contribution in [2.24, 2.45) is 0 Å². The number of fused-ring (bicyclic) bond motifs is 1. The molecule has 0 amide bonds. The van der Waals surface area contributed by atoms with Gasteiger partial charge in [0.25, 0.3) is 0 Å². The Morgan fingerprint density at radius 2 is 2.64 bits per heavy atom. The molecule has 0 fully saturated rings. The lowest BCUT2D eigenvalue weighted by molar-refractivity contribution is 0.427. The zero-order valence-electron chi connectivity index (χ0n) is 6.76. The lowest BCUT2D eigenvalue weighted by atomic mass is 10.0. The lowest BCUT2D eigenvalue weighted by Crippen LogP contribution is -2.28. The van der Waals surface area contributed by atoms with Crippen LogP contribution in [0.2, 0.25) is 0 Å². The fourth-order valence-corrected chi connectivity index (χ4v) is 1.70. The first kappa shape index (κ1) is 6.92. The Labute approximate surface area is 66.6 Å². The smallest absolute Gasteiger partial charge is 0.109 e. The summed E-state index contributed by atoms with van der Waals surface area (Å²) in [6, 6.07) is 2.60. The molecule has 1 aromatic rings. The second-order valence-electron chi connectivity index (χ2n) is 2.96. The molecule has 1 aromatic heterocycles. The molecule has 0 aliphatic carbocycles. The van der Waals surface area contributed by atoms with Crippen LogP contribution in [0.25, 0.3) is 0 Å². The Bertz CT molecular complexity index is 241. The molecule has 2 heterocycles. The zero-order valence-corrected chi connectivity index (χ0v) is 6.76. The maximum absolute atomic E-state index is 5.35. The van der Waals surface area contributed by atoms with Crippen LogP contribution >= 0.6 is 0 Å². The van der Waals surface area contributed by atoms with Gasteiger partial charge in [-0.3, -0.25) is 0 Å². The first-order valence-corrected chi connectivity index (χ1v) is 4.21. The summed E-state index contributed by atoms with van der Waals surface area (Å²) in [7, 11) is 0. The second-order valence-corrected chi connectivity index (χ2v) is 2.96. The molecule has 1 aliphatic rings. The molecule has 11 heavy (non-hydrogen) atoms. The predicted molar refractivity (Wildman–Crippen MR) is 43.4 cm³/mol. The second kappa shape index (κ2) is 2.70. The van der Waals surface area contributed by atoms with E-state index in [-0.39, 0.29) is 0 Å². The molecular formula is C9H13NO. The minimum atomic E-state index is 0.525. The van der Waals surface area contributed by atoms with Crippen LogP contribution in [0.3, 0.4) is 0 Å². The third kappa shape index (κ3) is 1.07. The van der Waals surface area contributed by atoms with E-state index in [1.54, 1.807) is 6.26 Å². The van der Waals surface area contributed by atoms with E-state index in [1.165, 1.54) is 11.3 Å². The Morgan fingerprint density at radius 3 is 3.45 bits per heavy atom. The van der Waals surface area contributed by atoms with Gasteiger partial charge in [-0.25, -0.2) is 0 Å². The van der Waals surface area contributed by atoms with E-state index >= 15 is 0 Å². The van der Waals surface area contributed by atoms with E-state index < -0.39 is 0 Å². The van der Waals surface area contributed by atoms with Crippen molar-refractivity contribution in [2.45, 2.75) is 25.8 Å². The van der Waals surface area contributed by atoms with Crippen molar-refractivity contribution in [3.63, 3.8) is 0 Å². The van der Waals surface area contributed by atoms with Crippen molar-refractivity contribution >= 4 is 0 Å². The van der Waals surface area contributed by atoms with Crippen molar-refractivity contribution < 1.29 is 4.42 Å². The predicted octanol–water partition coefficient (Wildman–Crippen LogP) is 1.88. The van der Waals surface area contributed by atoms with Crippen LogP contribution in [0.1, 0.15) is 30.7 Å². The van der Waals surface area contributed by atoms with E-state index in [9.17, 15) is 0 Å². The van der Waals surface area contributed by atoms with Crippen LogP contribution in [-0.2, 0) is 6.42 Å². The topological polar surface area (TPSA) is 25.2 Å². The maximum atomic E-state index is 5.35. The van der Waals surface area contributed by atoms with Crippen LogP contribution in [0.15, 0.2) is 16.7 Å². The van der Waals surface area contributed by atoms with Gasteiger partial charge in [-0.2, -0.15) is 0 Å². The molecule has 2 nitrogen and oxygen atoms in total. The van der Waals surface area contributed by atoms with Gasteiger partial charge >= 0.3 is 0 Å². The molecule has 0 spiro atoms. The molecule has 0 aromatic carbocycles. The fraction of sp³-hybridized carbons (Fsp3) is 0.556. The summed E-state index contributed by atoms with van der Waals surface area (Å²) in [6.45, 7) is 3.25. The first-order valence-electron chi connectivity index (χ1n) is 4.21. The summed E-state index contributed by atoms with van der Waals surface area (Å²) >= 11 is 0. The van der Waals surface area contributed by atoms with Gasteiger partial charge in [0.15, 0.2) is 0 Å². The molecule has 2 heteroatoms.